The van der Waals surface area contributed by atoms with Crippen LogP contribution in [0.3, 0.4) is 0 Å². The molecule has 4 saturated carbocycles. The fraction of sp³-hybridized carbons (Fsp3) is 0.895. The Labute approximate surface area is 476 Å². The lowest BCUT2D eigenvalue weighted by Crippen LogP contribution is -2.66. The number of aliphatic carboxylic acids is 1. The van der Waals surface area contributed by atoms with Crippen LogP contribution in [0.5, 0.6) is 0 Å². The predicted octanol–water partition coefficient (Wildman–Crippen LogP) is -0.162. The lowest BCUT2D eigenvalue weighted by atomic mass is 9.33. The topological polar surface area (TPSA) is 383 Å². The SMILES string of the molecule is CC(=O)O[C@H]1[C@H](OC2CCC3(C)C(CCC4(C)C3CC=C3C5CC(C)(C(=O)O)CCC5(C(=O)O[C@@H]5O[C@H](CO[C@@H]6O[C@H](CO)[C@@H](O[C@@H]7O[C@@H](C)[C@@H](O)[C@@H](O)[C@H]7O)[C@H](O)[C@H]6O)[C@@H](O)[C@H](O)[C@H]5O)CCC34C)C2(C)C)OC[C@@H](OC(C)=O)[C@@H]1O. The fourth-order valence-corrected chi connectivity index (χ4v) is 16.7. The molecule has 4 aliphatic heterocycles. The number of ether oxygens (including phenoxy) is 10. The third-order valence-corrected chi connectivity index (χ3v) is 21.8. The van der Waals surface area contributed by atoms with Gasteiger partial charge in [0.15, 0.2) is 31.1 Å². The molecule has 9 rings (SSSR count). The van der Waals surface area contributed by atoms with Crippen molar-refractivity contribution in [2.24, 2.45) is 50.2 Å². The number of carbonyl (C=O) groups is 4. The first-order chi connectivity index (χ1) is 38.3. The molecular weight excluding hydrogens is 1080 g/mol. The molecule has 0 aromatic heterocycles. The highest BCUT2D eigenvalue weighted by atomic mass is 16.8. The predicted molar refractivity (Wildman–Crippen MR) is 276 cm³/mol. The number of aliphatic hydroxyl groups is 10. The van der Waals surface area contributed by atoms with Gasteiger partial charge in [0, 0.05) is 13.8 Å². The summed E-state index contributed by atoms with van der Waals surface area (Å²) in [6, 6.07) is 0. The number of aliphatic hydroxyl groups excluding tert-OH is 10. The summed E-state index contributed by atoms with van der Waals surface area (Å²) in [6.07, 6.45) is -23.5. The summed E-state index contributed by atoms with van der Waals surface area (Å²) in [7, 11) is 0. The van der Waals surface area contributed by atoms with Crippen molar-refractivity contribution in [3.8, 4) is 0 Å². The van der Waals surface area contributed by atoms with Crippen LogP contribution in [-0.4, -0.2) is 223 Å². The standard InChI is InChI=1S/C57H88O25/c1-24-35(61)38(64)41(67)47(75-24)81-44-29(21-58)78-46(43(69)40(44)66)73-22-30-36(62)39(65)42(68)48(79-30)82-51(72)57-18-16-53(6,50(70)71)20-28(57)27-10-11-33-54(7)14-13-34(52(4,5)32(54)12-15-56(33,9)55(27,8)17-19-57)80-49-45(77-26(3)60)37(63)31(23-74-49)76-25(2)59/h10,24,28-49,58,61-69H,11-23H2,1-9H3,(H,70,71)/t24-,28?,29+,30+,31+,32?,33?,34?,35+,36+,37-,38+,39-,40+,41+,42+,43+,44+,45+,46+,47-,48-,49-,53?,54?,55?,56?,57?/m0/s1. The van der Waals surface area contributed by atoms with E-state index in [-0.39, 0.29) is 54.6 Å². The zero-order valence-corrected chi connectivity index (χ0v) is 48.2. The second-order valence-electron chi connectivity index (χ2n) is 26.7. The molecule has 466 valence electrons. The highest BCUT2D eigenvalue weighted by Gasteiger charge is 2.71. The molecule has 28 atom stereocenters. The molecule has 4 heterocycles. The third-order valence-electron chi connectivity index (χ3n) is 21.8. The molecule has 4 saturated heterocycles. The summed E-state index contributed by atoms with van der Waals surface area (Å²) in [5.41, 5.74) is -3.07. The molecule has 5 aliphatic carbocycles. The monoisotopic (exact) mass is 1170 g/mol. The lowest BCUT2D eigenvalue weighted by Gasteiger charge is -2.71. The maximum Gasteiger partial charge on any atom is 0.315 e. The minimum Gasteiger partial charge on any atom is -0.481 e. The summed E-state index contributed by atoms with van der Waals surface area (Å²) < 4.78 is 58.3. The molecular formula is C57H88O25. The third kappa shape index (κ3) is 10.7. The second kappa shape index (κ2) is 23.2. The van der Waals surface area contributed by atoms with Crippen molar-refractivity contribution in [1.82, 2.24) is 0 Å². The van der Waals surface area contributed by atoms with Gasteiger partial charge in [-0.05, 0) is 117 Å². The number of carboxylic acid groups (broad SMARTS) is 1. The zero-order valence-electron chi connectivity index (χ0n) is 48.2. The first-order valence-electron chi connectivity index (χ1n) is 29.0. The first-order valence-corrected chi connectivity index (χ1v) is 29.0. The number of allylic oxidation sites excluding steroid dienone is 2. The summed E-state index contributed by atoms with van der Waals surface area (Å²) >= 11 is 0. The van der Waals surface area contributed by atoms with Gasteiger partial charge in [0.1, 0.15) is 73.2 Å². The molecule has 8 fully saturated rings. The minimum absolute atomic E-state index is 0.111. The Kier molecular flexibility index (Phi) is 18.0. The van der Waals surface area contributed by atoms with Crippen LogP contribution in [0.25, 0.3) is 0 Å². The van der Waals surface area contributed by atoms with Crippen LogP contribution in [0.2, 0.25) is 0 Å². The van der Waals surface area contributed by atoms with Crippen LogP contribution >= 0.6 is 0 Å². The van der Waals surface area contributed by atoms with Gasteiger partial charge in [-0.1, -0.05) is 46.3 Å². The highest BCUT2D eigenvalue weighted by molar-refractivity contribution is 5.81. The quantitative estimate of drug-likeness (QED) is 0.0494. The van der Waals surface area contributed by atoms with E-state index >= 15 is 4.79 Å². The normalized spacial score (nSPS) is 50.9. The van der Waals surface area contributed by atoms with Gasteiger partial charge in [0.05, 0.1) is 42.9 Å². The summed E-state index contributed by atoms with van der Waals surface area (Å²) in [6.45, 7) is 15.1. The smallest absolute Gasteiger partial charge is 0.315 e. The molecule has 0 aromatic carbocycles. The molecule has 0 radical (unpaired) electrons. The maximum atomic E-state index is 15.2. The molecule has 0 amide bonds. The van der Waals surface area contributed by atoms with E-state index in [1.807, 2.05) is 0 Å². The van der Waals surface area contributed by atoms with Crippen molar-refractivity contribution in [3.63, 3.8) is 0 Å². The Morgan fingerprint density at radius 3 is 1.91 bits per heavy atom. The number of hydrogen-bond donors (Lipinski definition) is 11. The van der Waals surface area contributed by atoms with Gasteiger partial charge in [0.2, 0.25) is 6.29 Å². The molecule has 25 nitrogen and oxygen atoms in total. The number of hydrogen-bond acceptors (Lipinski definition) is 24. The van der Waals surface area contributed by atoms with Gasteiger partial charge in [-0.15, -0.1) is 0 Å². The number of carboxylic acids is 1. The van der Waals surface area contributed by atoms with Crippen molar-refractivity contribution in [2.45, 2.75) is 249 Å². The average Bonchev–Trinajstić information content (AvgIpc) is 3.19. The first kappa shape index (κ1) is 63.4. The summed E-state index contributed by atoms with van der Waals surface area (Å²) in [4.78, 5) is 52.4. The molecule has 11 N–H and O–H groups in total. The number of fused-ring (bicyclic) bond motifs is 7. The van der Waals surface area contributed by atoms with E-state index < -0.39 is 181 Å². The van der Waals surface area contributed by atoms with Crippen molar-refractivity contribution >= 4 is 23.9 Å². The van der Waals surface area contributed by atoms with Crippen LogP contribution < -0.4 is 0 Å². The number of esters is 3. The number of carbonyl (C=O) groups excluding carboxylic acids is 3. The highest BCUT2D eigenvalue weighted by Crippen LogP contribution is 2.76. The van der Waals surface area contributed by atoms with Gasteiger partial charge in [-0.2, -0.15) is 0 Å². The average molecular weight is 1170 g/mol. The van der Waals surface area contributed by atoms with E-state index in [9.17, 15) is 70.6 Å². The van der Waals surface area contributed by atoms with E-state index in [0.717, 1.165) is 24.8 Å². The Hall–Kier alpha value is -3.06. The Morgan fingerprint density at radius 1 is 0.622 bits per heavy atom. The van der Waals surface area contributed by atoms with Crippen LogP contribution in [-0.2, 0) is 66.5 Å². The van der Waals surface area contributed by atoms with Crippen molar-refractivity contribution in [2.75, 3.05) is 19.8 Å². The minimum atomic E-state index is -1.97. The van der Waals surface area contributed by atoms with Gasteiger partial charge >= 0.3 is 23.9 Å². The molecule has 82 heavy (non-hydrogen) atoms. The summed E-state index contributed by atoms with van der Waals surface area (Å²) in [5.74, 6) is -3.41. The van der Waals surface area contributed by atoms with E-state index in [1.54, 1.807) is 6.92 Å². The lowest BCUT2D eigenvalue weighted by molar-refractivity contribution is -0.361. The maximum absolute atomic E-state index is 15.2. The fourth-order valence-electron chi connectivity index (χ4n) is 16.7. The van der Waals surface area contributed by atoms with Gasteiger partial charge in [-0.25, -0.2) is 0 Å². The van der Waals surface area contributed by atoms with Gasteiger partial charge in [0.25, 0.3) is 0 Å². The molecule has 9 unspecified atom stereocenters. The molecule has 0 spiro atoms. The van der Waals surface area contributed by atoms with E-state index in [2.05, 4.69) is 40.7 Å². The molecule has 0 aromatic rings. The summed E-state index contributed by atoms with van der Waals surface area (Å²) in [5, 5.41) is 119. The Balaban J connectivity index is 0.909. The second-order valence-corrected chi connectivity index (χ2v) is 26.7. The molecule has 25 heteroatoms. The van der Waals surface area contributed by atoms with Crippen molar-refractivity contribution in [3.05, 3.63) is 11.6 Å². The van der Waals surface area contributed by atoms with Crippen LogP contribution in [0.1, 0.15) is 127 Å². The largest absolute Gasteiger partial charge is 0.481 e. The van der Waals surface area contributed by atoms with E-state index in [0.29, 0.717) is 25.7 Å². The molecule has 0 bridgehead atoms. The van der Waals surface area contributed by atoms with Crippen LogP contribution in [0, 0.1) is 50.2 Å². The zero-order chi connectivity index (χ0) is 60.1. The van der Waals surface area contributed by atoms with Crippen molar-refractivity contribution < 1.29 is 123 Å². The Morgan fingerprint density at radius 2 is 1.26 bits per heavy atom. The Bertz CT molecular complexity index is 2390. The van der Waals surface area contributed by atoms with Gasteiger partial charge in [-0.3, -0.25) is 19.2 Å². The van der Waals surface area contributed by atoms with Crippen LogP contribution in [0.15, 0.2) is 11.6 Å². The van der Waals surface area contributed by atoms with Crippen molar-refractivity contribution in [1.29, 1.82) is 0 Å². The van der Waals surface area contributed by atoms with Crippen LogP contribution in [0.4, 0.5) is 0 Å². The van der Waals surface area contributed by atoms with Gasteiger partial charge < -0.3 is 104 Å². The van der Waals surface area contributed by atoms with E-state index in [4.69, 9.17) is 47.4 Å². The molecule has 9 aliphatic rings. The number of rotatable bonds is 13. The van der Waals surface area contributed by atoms with E-state index in [1.165, 1.54) is 20.8 Å².